The van der Waals surface area contributed by atoms with E-state index in [1.54, 1.807) is 0 Å². The van der Waals surface area contributed by atoms with Gasteiger partial charge in [0.1, 0.15) is 25.0 Å². The van der Waals surface area contributed by atoms with Gasteiger partial charge in [-0.05, 0) is 48.9 Å². The largest absolute Gasteiger partial charge is 0.454 e. The fraction of sp³-hybridized carbons (Fsp3) is 0.500. The first-order valence-corrected chi connectivity index (χ1v) is 18.4. The molecule has 0 radical (unpaired) electrons. The number of fused-ring (bicyclic) bond motifs is 1. The molecular weight excluding hydrogens is 621 g/mol. The van der Waals surface area contributed by atoms with E-state index in [1.807, 2.05) is 34.1 Å². The Balaban J connectivity index is 1.47. The van der Waals surface area contributed by atoms with Gasteiger partial charge in [-0.3, -0.25) is 9.59 Å². The van der Waals surface area contributed by atoms with Crippen LogP contribution in [-0.2, 0) is 28.5 Å². The second-order valence-corrected chi connectivity index (χ2v) is 14.5. The van der Waals surface area contributed by atoms with Gasteiger partial charge in [0.25, 0.3) is 24.4 Å². The van der Waals surface area contributed by atoms with E-state index in [0.717, 1.165) is 70.9 Å². The van der Waals surface area contributed by atoms with Gasteiger partial charge in [0.05, 0.1) is 42.0 Å². The van der Waals surface area contributed by atoms with Crippen molar-refractivity contribution in [2.24, 2.45) is 11.8 Å². The lowest BCUT2D eigenvalue weighted by molar-refractivity contribution is -0.124. The topological polar surface area (TPSA) is 77.5 Å². The summed E-state index contributed by atoms with van der Waals surface area (Å²) in [5.41, 5.74) is 2.46. The number of unbranched alkanes of at least 4 members (excludes halogenated alkanes) is 2. The van der Waals surface area contributed by atoms with Crippen LogP contribution in [0.4, 0.5) is 0 Å². The molecule has 0 N–H and O–H groups in total. The summed E-state index contributed by atoms with van der Waals surface area (Å²) in [5, 5.41) is 0. The van der Waals surface area contributed by atoms with E-state index in [1.165, 1.54) is 47.7 Å². The SMILES string of the molecule is CCCCC(CC)CN1C(=O)C2=C(c3ccc(C4OC=CO4)s3)N(CC(CC)CCCC)C(=O)C2=C1c1ccc(C2OC=CO2)s1. The molecule has 6 rings (SSSR count). The van der Waals surface area contributed by atoms with Crippen LogP contribution in [0.2, 0.25) is 0 Å². The van der Waals surface area contributed by atoms with Gasteiger partial charge >= 0.3 is 0 Å². The van der Waals surface area contributed by atoms with E-state index in [9.17, 15) is 9.59 Å². The van der Waals surface area contributed by atoms with Crippen molar-refractivity contribution in [3.05, 3.63) is 80.0 Å². The van der Waals surface area contributed by atoms with E-state index in [-0.39, 0.29) is 11.8 Å². The molecule has 6 heterocycles. The van der Waals surface area contributed by atoms with Crippen molar-refractivity contribution in [1.82, 2.24) is 9.80 Å². The van der Waals surface area contributed by atoms with Gasteiger partial charge in [0.15, 0.2) is 0 Å². The minimum absolute atomic E-state index is 0.0950. The van der Waals surface area contributed by atoms with Crippen LogP contribution in [0.25, 0.3) is 11.4 Å². The lowest BCUT2D eigenvalue weighted by Crippen LogP contribution is -2.34. The van der Waals surface area contributed by atoms with E-state index in [2.05, 4.69) is 27.7 Å². The standard InChI is InChI=1S/C36H44N2O6S2/c1-5-9-11-23(7-3)21-37-31(25-13-15-27(45-25)35-41-17-18-42-35)29-30(33(37)39)32(26-14-16-28(46-26)36-43-19-20-44-36)38(34(29)40)22-24(8-4)12-10-6-2/h13-20,23-24,35-36H,5-12,21-22H2,1-4H3. The zero-order chi connectivity index (χ0) is 32.2. The van der Waals surface area contributed by atoms with Crippen LogP contribution in [0.1, 0.15) is 111 Å². The third-order valence-electron chi connectivity index (χ3n) is 9.25. The maximum absolute atomic E-state index is 14.8. The number of hydrogen-bond donors (Lipinski definition) is 0. The number of nitrogens with zero attached hydrogens (tertiary/aromatic N) is 2. The van der Waals surface area contributed by atoms with Gasteiger partial charge in [0, 0.05) is 13.1 Å². The Hall–Kier alpha value is -3.50. The molecule has 2 atom stereocenters. The number of carbonyl (C=O) groups excluding carboxylic acids is 2. The smallest absolute Gasteiger partial charge is 0.275 e. The molecule has 8 nitrogen and oxygen atoms in total. The highest BCUT2D eigenvalue weighted by molar-refractivity contribution is 7.13. The third-order valence-corrected chi connectivity index (χ3v) is 11.5. The number of thiophene rings is 2. The Bertz CT molecular complexity index is 1420. The average molecular weight is 665 g/mol. The lowest BCUT2D eigenvalue weighted by atomic mass is 9.98. The summed E-state index contributed by atoms with van der Waals surface area (Å²) in [6, 6.07) is 7.95. The van der Waals surface area contributed by atoms with Crippen LogP contribution in [0.15, 0.2) is 60.5 Å². The van der Waals surface area contributed by atoms with Crippen LogP contribution in [0.3, 0.4) is 0 Å². The molecule has 246 valence electrons. The highest BCUT2D eigenvalue weighted by atomic mass is 32.1. The normalized spacial score (nSPS) is 19.3. The molecule has 0 spiro atoms. The number of amides is 2. The lowest BCUT2D eigenvalue weighted by Gasteiger charge is -2.29. The van der Waals surface area contributed by atoms with E-state index in [0.29, 0.717) is 47.5 Å². The molecule has 2 aromatic rings. The number of hydrogen-bond acceptors (Lipinski definition) is 8. The fourth-order valence-electron chi connectivity index (χ4n) is 6.57. The van der Waals surface area contributed by atoms with Gasteiger partial charge in [-0.2, -0.15) is 0 Å². The molecule has 4 aliphatic heterocycles. The molecule has 46 heavy (non-hydrogen) atoms. The van der Waals surface area contributed by atoms with Crippen molar-refractivity contribution in [3.8, 4) is 0 Å². The van der Waals surface area contributed by atoms with Gasteiger partial charge in [-0.1, -0.05) is 66.2 Å². The monoisotopic (exact) mass is 664 g/mol. The van der Waals surface area contributed by atoms with Gasteiger partial charge in [0.2, 0.25) is 0 Å². The Labute approximate surface area is 280 Å². The van der Waals surface area contributed by atoms with E-state index < -0.39 is 12.6 Å². The number of carbonyl (C=O) groups is 2. The molecule has 2 amide bonds. The first-order valence-electron chi connectivity index (χ1n) is 16.7. The molecule has 0 fully saturated rings. The molecular formula is C36H44N2O6S2. The first-order chi connectivity index (χ1) is 22.5. The number of ether oxygens (including phenoxy) is 4. The summed E-state index contributed by atoms with van der Waals surface area (Å²) in [7, 11) is 0. The fourth-order valence-corrected chi connectivity index (χ4v) is 8.65. The van der Waals surface area contributed by atoms with Crippen LogP contribution >= 0.6 is 22.7 Å². The first kappa shape index (κ1) is 32.4. The Morgan fingerprint density at radius 2 is 1.02 bits per heavy atom. The molecule has 0 aromatic carbocycles. The maximum atomic E-state index is 14.8. The second-order valence-electron chi connectivity index (χ2n) is 12.3. The minimum atomic E-state index is -0.521. The second kappa shape index (κ2) is 14.5. The van der Waals surface area contributed by atoms with E-state index in [4.69, 9.17) is 18.9 Å². The minimum Gasteiger partial charge on any atom is -0.454 e. The summed E-state index contributed by atoms with van der Waals surface area (Å²) in [6.07, 6.45) is 13.5. The van der Waals surface area contributed by atoms with Gasteiger partial charge < -0.3 is 28.7 Å². The van der Waals surface area contributed by atoms with Crippen molar-refractivity contribution in [3.63, 3.8) is 0 Å². The Kier molecular flexibility index (Phi) is 10.2. The molecule has 2 unspecified atom stereocenters. The molecule has 0 bridgehead atoms. The van der Waals surface area contributed by atoms with Crippen molar-refractivity contribution in [2.45, 2.75) is 91.6 Å². The van der Waals surface area contributed by atoms with Crippen LogP contribution in [-0.4, -0.2) is 34.7 Å². The van der Waals surface area contributed by atoms with Crippen molar-refractivity contribution < 1.29 is 28.5 Å². The number of rotatable bonds is 16. The van der Waals surface area contributed by atoms with Crippen LogP contribution in [0, 0.1) is 11.8 Å². The zero-order valence-corrected chi connectivity index (χ0v) is 28.8. The Morgan fingerprint density at radius 1 is 0.630 bits per heavy atom. The molecule has 0 saturated heterocycles. The molecule has 0 aliphatic carbocycles. The Morgan fingerprint density at radius 3 is 1.37 bits per heavy atom. The third kappa shape index (κ3) is 6.26. The summed E-state index contributed by atoms with van der Waals surface area (Å²) < 4.78 is 22.5. The summed E-state index contributed by atoms with van der Waals surface area (Å²) in [5.74, 6) is 0.467. The summed E-state index contributed by atoms with van der Waals surface area (Å²) in [4.78, 5) is 36.8. The molecule has 4 aliphatic rings. The van der Waals surface area contributed by atoms with E-state index >= 15 is 0 Å². The quantitative estimate of drug-likeness (QED) is 0.178. The summed E-state index contributed by atoms with van der Waals surface area (Å²) in [6.45, 7) is 9.91. The van der Waals surface area contributed by atoms with Crippen molar-refractivity contribution >= 4 is 45.9 Å². The highest BCUT2D eigenvalue weighted by Gasteiger charge is 2.50. The zero-order valence-electron chi connectivity index (χ0n) is 27.2. The molecule has 2 aromatic heterocycles. The maximum Gasteiger partial charge on any atom is 0.275 e. The van der Waals surface area contributed by atoms with Crippen molar-refractivity contribution in [2.75, 3.05) is 13.1 Å². The summed E-state index contributed by atoms with van der Waals surface area (Å²) >= 11 is 3.03. The van der Waals surface area contributed by atoms with Crippen molar-refractivity contribution in [1.29, 1.82) is 0 Å². The van der Waals surface area contributed by atoms with Gasteiger partial charge in [-0.25, -0.2) is 0 Å². The average Bonchev–Trinajstić information content (AvgIpc) is 3.91. The molecule has 10 heteroatoms. The predicted octanol–water partition coefficient (Wildman–Crippen LogP) is 9.08. The highest BCUT2D eigenvalue weighted by Crippen LogP contribution is 2.50. The predicted molar refractivity (Wildman–Crippen MR) is 181 cm³/mol. The van der Waals surface area contributed by atoms with Gasteiger partial charge in [-0.15, -0.1) is 22.7 Å². The molecule has 0 saturated carbocycles. The van der Waals surface area contributed by atoms with Crippen LogP contribution < -0.4 is 0 Å². The van der Waals surface area contributed by atoms with Crippen LogP contribution in [0.5, 0.6) is 0 Å².